The number of carbonyl (C=O) groups is 2. The molecule has 2 heterocycles. The summed E-state index contributed by atoms with van der Waals surface area (Å²) in [6, 6.07) is 1.88. The molecule has 0 spiro atoms. The maximum Gasteiger partial charge on any atom is 0.305 e. The second kappa shape index (κ2) is 5.71. The molecule has 1 fully saturated rings. The number of aliphatic carboxylic acids is 1. The van der Waals surface area contributed by atoms with Gasteiger partial charge >= 0.3 is 5.97 Å². The van der Waals surface area contributed by atoms with Crippen LogP contribution in [-0.2, 0) is 9.53 Å². The van der Waals surface area contributed by atoms with Crippen molar-refractivity contribution in [2.75, 3.05) is 13.2 Å². The van der Waals surface area contributed by atoms with Gasteiger partial charge in [0.05, 0.1) is 16.8 Å². The minimum absolute atomic E-state index is 0.0630. The van der Waals surface area contributed by atoms with E-state index in [-0.39, 0.29) is 12.3 Å². The Morgan fingerprint density at radius 3 is 2.68 bits per heavy atom. The third-order valence-electron chi connectivity index (χ3n) is 3.39. The minimum atomic E-state index is -0.898. The van der Waals surface area contributed by atoms with Crippen molar-refractivity contribution in [2.24, 2.45) is 0 Å². The van der Waals surface area contributed by atoms with Crippen LogP contribution in [0.4, 0.5) is 0 Å². The average molecular weight is 283 g/mol. The number of carboxylic acid groups (broad SMARTS) is 1. The normalized spacial score (nSPS) is 17.9. The van der Waals surface area contributed by atoms with E-state index in [9.17, 15) is 9.59 Å². The fraction of sp³-hybridized carbons (Fsp3) is 0.538. The van der Waals surface area contributed by atoms with Crippen LogP contribution in [0.3, 0.4) is 0 Å². The molecular weight excluding hydrogens is 266 g/mol. The molecule has 104 valence electrons. The van der Waals surface area contributed by atoms with Crippen LogP contribution in [0.15, 0.2) is 11.4 Å². The number of rotatable bonds is 4. The van der Waals surface area contributed by atoms with E-state index < -0.39 is 11.5 Å². The summed E-state index contributed by atoms with van der Waals surface area (Å²) >= 11 is 1.37. The van der Waals surface area contributed by atoms with Crippen LogP contribution < -0.4 is 5.32 Å². The molecule has 0 atom stereocenters. The molecular formula is C13H17NO4S. The van der Waals surface area contributed by atoms with Crippen LogP contribution in [0.1, 0.15) is 34.5 Å². The predicted octanol–water partition coefficient (Wildman–Crippen LogP) is 1.81. The zero-order valence-corrected chi connectivity index (χ0v) is 11.6. The molecule has 0 aromatic carbocycles. The Morgan fingerprint density at radius 1 is 1.47 bits per heavy atom. The molecule has 5 nitrogen and oxygen atoms in total. The third-order valence-corrected chi connectivity index (χ3v) is 4.40. The highest BCUT2D eigenvalue weighted by molar-refractivity contribution is 7.12. The third kappa shape index (κ3) is 3.33. The number of aryl methyl sites for hydroxylation is 1. The number of carboxylic acids is 1. The standard InChI is InChI=1S/C13H17NO4S/c1-9-2-7-19-11(9)12(17)14-13(8-10(15)16)3-5-18-6-4-13/h2,7H,3-6,8H2,1H3,(H,14,17)(H,15,16). The lowest BCUT2D eigenvalue weighted by atomic mass is 9.86. The molecule has 1 aromatic rings. The fourth-order valence-electron chi connectivity index (χ4n) is 2.30. The lowest BCUT2D eigenvalue weighted by molar-refractivity contribution is -0.139. The van der Waals surface area contributed by atoms with Gasteiger partial charge in [-0.15, -0.1) is 11.3 Å². The number of hydrogen-bond acceptors (Lipinski definition) is 4. The van der Waals surface area contributed by atoms with Crippen molar-refractivity contribution in [3.8, 4) is 0 Å². The van der Waals surface area contributed by atoms with Crippen LogP contribution in [0, 0.1) is 6.92 Å². The van der Waals surface area contributed by atoms with Gasteiger partial charge in [0, 0.05) is 13.2 Å². The van der Waals surface area contributed by atoms with Gasteiger partial charge in [-0.05, 0) is 36.8 Å². The first-order valence-electron chi connectivity index (χ1n) is 6.19. The molecule has 0 unspecified atom stereocenters. The topological polar surface area (TPSA) is 75.6 Å². The smallest absolute Gasteiger partial charge is 0.305 e. The number of carbonyl (C=O) groups excluding carboxylic acids is 1. The minimum Gasteiger partial charge on any atom is -0.481 e. The van der Waals surface area contributed by atoms with Crippen LogP contribution in [0.2, 0.25) is 0 Å². The Morgan fingerprint density at radius 2 is 2.16 bits per heavy atom. The van der Waals surface area contributed by atoms with Crippen LogP contribution in [0.5, 0.6) is 0 Å². The van der Waals surface area contributed by atoms with Crippen LogP contribution in [0.25, 0.3) is 0 Å². The van der Waals surface area contributed by atoms with Crippen molar-refractivity contribution in [3.05, 3.63) is 21.9 Å². The summed E-state index contributed by atoms with van der Waals surface area (Å²) in [5, 5.41) is 13.8. The summed E-state index contributed by atoms with van der Waals surface area (Å²) in [5.74, 6) is -1.08. The van der Waals surface area contributed by atoms with Crippen molar-refractivity contribution in [1.82, 2.24) is 5.32 Å². The number of hydrogen-bond donors (Lipinski definition) is 2. The fourth-order valence-corrected chi connectivity index (χ4v) is 3.12. The number of amides is 1. The van der Waals surface area contributed by atoms with Crippen molar-refractivity contribution >= 4 is 23.2 Å². The summed E-state index contributed by atoms with van der Waals surface area (Å²) < 4.78 is 5.26. The quantitative estimate of drug-likeness (QED) is 0.883. The molecule has 1 aliphatic rings. The SMILES string of the molecule is Cc1ccsc1C(=O)NC1(CC(=O)O)CCOCC1. The van der Waals surface area contributed by atoms with Gasteiger partial charge in [-0.3, -0.25) is 9.59 Å². The second-order valence-corrected chi connectivity index (χ2v) is 5.77. The molecule has 0 bridgehead atoms. The zero-order chi connectivity index (χ0) is 13.9. The Hall–Kier alpha value is -1.40. The van der Waals surface area contributed by atoms with Gasteiger partial charge in [0.2, 0.25) is 0 Å². The van der Waals surface area contributed by atoms with Gasteiger partial charge in [0.25, 0.3) is 5.91 Å². The molecule has 2 rings (SSSR count). The second-order valence-electron chi connectivity index (χ2n) is 4.85. The molecule has 1 aromatic heterocycles. The highest BCUT2D eigenvalue weighted by Crippen LogP contribution is 2.26. The number of thiophene rings is 1. The zero-order valence-electron chi connectivity index (χ0n) is 10.8. The highest BCUT2D eigenvalue weighted by atomic mass is 32.1. The number of nitrogens with one attached hydrogen (secondary N) is 1. The lowest BCUT2D eigenvalue weighted by Crippen LogP contribution is -2.53. The molecule has 2 N–H and O–H groups in total. The molecule has 0 saturated carbocycles. The highest BCUT2D eigenvalue weighted by Gasteiger charge is 2.37. The summed E-state index contributed by atoms with van der Waals surface area (Å²) in [6.07, 6.45) is 1.01. The maximum absolute atomic E-state index is 12.2. The molecule has 1 amide bonds. The molecule has 0 aliphatic carbocycles. The predicted molar refractivity (Wildman–Crippen MR) is 71.6 cm³/mol. The van der Waals surface area contributed by atoms with Crippen molar-refractivity contribution in [2.45, 2.75) is 31.7 Å². The first-order valence-corrected chi connectivity index (χ1v) is 7.06. The monoisotopic (exact) mass is 283 g/mol. The summed E-state index contributed by atoms with van der Waals surface area (Å²) in [4.78, 5) is 23.9. The van der Waals surface area contributed by atoms with Crippen LogP contribution >= 0.6 is 11.3 Å². The maximum atomic E-state index is 12.2. The van der Waals surface area contributed by atoms with Crippen LogP contribution in [-0.4, -0.2) is 35.7 Å². The Balaban J connectivity index is 2.14. The van der Waals surface area contributed by atoms with Crippen molar-refractivity contribution < 1.29 is 19.4 Å². The van der Waals surface area contributed by atoms with E-state index in [1.54, 1.807) is 0 Å². The van der Waals surface area contributed by atoms with E-state index >= 15 is 0 Å². The average Bonchev–Trinajstić information content (AvgIpc) is 2.75. The molecule has 1 aliphatic heterocycles. The van der Waals surface area contributed by atoms with E-state index in [2.05, 4.69) is 5.32 Å². The summed E-state index contributed by atoms with van der Waals surface area (Å²) in [6.45, 7) is 2.84. The van der Waals surface area contributed by atoms with E-state index in [0.29, 0.717) is 30.9 Å². The Labute approximate surface area is 115 Å². The van der Waals surface area contributed by atoms with Gasteiger partial charge in [-0.2, -0.15) is 0 Å². The van der Waals surface area contributed by atoms with Crippen molar-refractivity contribution in [3.63, 3.8) is 0 Å². The van der Waals surface area contributed by atoms with Gasteiger partial charge in [-0.1, -0.05) is 0 Å². The first-order chi connectivity index (χ1) is 9.02. The van der Waals surface area contributed by atoms with Gasteiger partial charge < -0.3 is 15.2 Å². The van der Waals surface area contributed by atoms with Gasteiger partial charge in [0.15, 0.2) is 0 Å². The van der Waals surface area contributed by atoms with E-state index in [1.807, 2.05) is 18.4 Å². The number of ether oxygens (including phenoxy) is 1. The Kier molecular flexibility index (Phi) is 4.21. The molecule has 1 saturated heterocycles. The van der Waals surface area contributed by atoms with Crippen molar-refractivity contribution in [1.29, 1.82) is 0 Å². The van der Waals surface area contributed by atoms with E-state index in [0.717, 1.165) is 5.56 Å². The lowest BCUT2D eigenvalue weighted by Gasteiger charge is -2.36. The van der Waals surface area contributed by atoms with E-state index in [1.165, 1.54) is 11.3 Å². The Bertz CT molecular complexity index is 477. The molecule has 0 radical (unpaired) electrons. The van der Waals surface area contributed by atoms with E-state index in [4.69, 9.17) is 9.84 Å². The van der Waals surface area contributed by atoms with Gasteiger partial charge in [0.1, 0.15) is 0 Å². The first kappa shape index (κ1) is 14.0. The van der Waals surface area contributed by atoms with Gasteiger partial charge in [-0.25, -0.2) is 0 Å². The largest absolute Gasteiger partial charge is 0.481 e. The molecule has 6 heteroatoms. The summed E-state index contributed by atoms with van der Waals surface area (Å²) in [7, 11) is 0. The molecule has 19 heavy (non-hydrogen) atoms. The summed E-state index contributed by atoms with van der Waals surface area (Å²) in [5.41, 5.74) is 0.234.